The Hall–Kier alpha value is -0.410. The molecule has 2 aliphatic rings. The van der Waals surface area contributed by atoms with Crippen molar-refractivity contribution in [2.45, 2.75) is 19.3 Å². The van der Waals surface area contributed by atoms with Crippen LogP contribution in [0.25, 0.3) is 0 Å². The summed E-state index contributed by atoms with van der Waals surface area (Å²) in [4.78, 5) is 4.10. The largest absolute Gasteiger partial charge is 0.348 e. The smallest absolute Gasteiger partial charge is 0.185 e. The highest BCUT2D eigenvalue weighted by molar-refractivity contribution is 5.99. The van der Waals surface area contributed by atoms with Crippen LogP contribution >= 0.6 is 0 Å². The van der Waals surface area contributed by atoms with Gasteiger partial charge in [-0.2, -0.15) is 0 Å². The molecule has 0 aromatic heterocycles. The molecular weight excluding hydrogens is 118 g/mol. The first-order valence-electron chi connectivity index (χ1n) is 3.15. The molecule has 0 spiro atoms. The number of aliphatic imine (C=N–C) groups is 1. The fourth-order valence-electron chi connectivity index (χ4n) is 0.999. The van der Waals surface area contributed by atoms with Crippen molar-refractivity contribution in [3.05, 3.63) is 0 Å². The third-order valence-electron chi connectivity index (χ3n) is 1.61. The molecule has 0 N–H and O–H groups in total. The Balaban J connectivity index is 1.87. The predicted molar refractivity (Wildman–Crippen MR) is 32.6 cm³/mol. The lowest BCUT2D eigenvalue weighted by Gasteiger charge is -2.03. The summed E-state index contributed by atoms with van der Waals surface area (Å²) in [5.74, 6) is 0. The molecule has 1 fully saturated rings. The van der Waals surface area contributed by atoms with Gasteiger partial charge in [-0.3, -0.25) is 4.99 Å². The van der Waals surface area contributed by atoms with E-state index in [9.17, 15) is 0 Å². The van der Waals surface area contributed by atoms with Crippen molar-refractivity contribution in [3.8, 4) is 0 Å². The minimum Gasteiger partial charge on any atom is -0.348 e. The monoisotopic (exact) mass is 127 g/mol. The third-order valence-corrected chi connectivity index (χ3v) is 1.61. The first kappa shape index (κ1) is 5.38. The lowest BCUT2D eigenvalue weighted by Crippen LogP contribution is -2.18. The van der Waals surface area contributed by atoms with Gasteiger partial charge < -0.3 is 9.47 Å². The van der Waals surface area contributed by atoms with Gasteiger partial charge in [0, 0.05) is 5.71 Å². The van der Waals surface area contributed by atoms with Gasteiger partial charge in [0.2, 0.25) is 0 Å². The van der Waals surface area contributed by atoms with Crippen LogP contribution in [0.15, 0.2) is 4.99 Å². The maximum atomic E-state index is 5.21. The molecule has 1 atom stereocenters. The molecule has 2 aliphatic heterocycles. The van der Waals surface area contributed by atoms with Crippen LogP contribution in [0.5, 0.6) is 0 Å². The molecule has 9 heavy (non-hydrogen) atoms. The lowest BCUT2D eigenvalue weighted by molar-refractivity contribution is -0.0379. The number of ether oxygens (including phenoxy) is 2. The van der Waals surface area contributed by atoms with E-state index in [2.05, 4.69) is 4.99 Å². The van der Waals surface area contributed by atoms with Gasteiger partial charge in [0.05, 0.1) is 13.2 Å². The second kappa shape index (κ2) is 1.78. The van der Waals surface area contributed by atoms with Crippen molar-refractivity contribution in [3.63, 3.8) is 0 Å². The highest BCUT2D eigenvalue weighted by Crippen LogP contribution is 2.21. The molecule has 2 rings (SSSR count). The first-order valence-corrected chi connectivity index (χ1v) is 3.15. The summed E-state index contributed by atoms with van der Waals surface area (Å²) in [6.45, 7) is 3.45. The fourth-order valence-corrected chi connectivity index (χ4v) is 0.999. The zero-order valence-electron chi connectivity index (χ0n) is 5.33. The summed E-state index contributed by atoms with van der Waals surface area (Å²) in [5.41, 5.74) is 1.15. The van der Waals surface area contributed by atoms with Crippen LogP contribution < -0.4 is 0 Å². The summed E-state index contributed by atoms with van der Waals surface area (Å²) in [7, 11) is 0. The second-order valence-electron chi connectivity index (χ2n) is 2.33. The van der Waals surface area contributed by atoms with Gasteiger partial charge in [-0.15, -0.1) is 0 Å². The van der Waals surface area contributed by atoms with Gasteiger partial charge in [0.1, 0.15) is 6.04 Å². The van der Waals surface area contributed by atoms with Crippen LogP contribution in [0.4, 0.5) is 0 Å². The summed E-state index contributed by atoms with van der Waals surface area (Å²) in [5, 5.41) is 0. The minimum atomic E-state index is -0.0509. The average molecular weight is 127 g/mol. The first-order chi connectivity index (χ1) is 4.38. The van der Waals surface area contributed by atoms with E-state index >= 15 is 0 Å². The van der Waals surface area contributed by atoms with Crippen molar-refractivity contribution in [2.24, 2.45) is 4.99 Å². The average Bonchev–Trinajstić information content (AvgIpc) is 2.44. The Morgan fingerprint density at radius 2 is 2.00 bits per heavy atom. The van der Waals surface area contributed by atoms with E-state index in [4.69, 9.17) is 9.47 Å². The molecular formula is C6H9NO2. The van der Waals surface area contributed by atoms with E-state index < -0.39 is 0 Å². The number of nitrogens with zero attached hydrogens (tertiary/aromatic N) is 1. The van der Waals surface area contributed by atoms with Crippen LogP contribution in [0.1, 0.15) is 6.92 Å². The topological polar surface area (TPSA) is 30.8 Å². The normalized spacial score (nSPS) is 34.8. The van der Waals surface area contributed by atoms with E-state index in [0.717, 1.165) is 18.9 Å². The van der Waals surface area contributed by atoms with Crippen molar-refractivity contribution in [2.75, 3.05) is 13.2 Å². The maximum Gasteiger partial charge on any atom is 0.185 e. The quantitative estimate of drug-likeness (QED) is 0.504. The standard InChI is InChI=1S/C6H9NO2/c1-4-5(7-4)6-8-2-3-9-6/h5-6H,2-3H2,1H3. The highest BCUT2D eigenvalue weighted by Gasteiger charge is 2.36. The van der Waals surface area contributed by atoms with E-state index in [1.54, 1.807) is 0 Å². The van der Waals surface area contributed by atoms with Crippen LogP contribution in [0.2, 0.25) is 0 Å². The molecule has 3 nitrogen and oxygen atoms in total. The van der Waals surface area contributed by atoms with E-state index in [0.29, 0.717) is 0 Å². The summed E-state index contributed by atoms with van der Waals surface area (Å²) in [6.07, 6.45) is -0.0509. The maximum absolute atomic E-state index is 5.21. The molecule has 3 heteroatoms. The predicted octanol–water partition coefficient (Wildman–Crippen LogP) is 0.202. The number of hydrogen-bond acceptors (Lipinski definition) is 3. The molecule has 0 amide bonds. The lowest BCUT2D eigenvalue weighted by atomic mass is 10.3. The molecule has 0 aliphatic carbocycles. The van der Waals surface area contributed by atoms with E-state index in [1.165, 1.54) is 0 Å². The van der Waals surface area contributed by atoms with Gasteiger partial charge in [-0.05, 0) is 6.92 Å². The van der Waals surface area contributed by atoms with E-state index in [-0.39, 0.29) is 12.3 Å². The molecule has 0 radical (unpaired) electrons. The Labute approximate surface area is 53.7 Å². The van der Waals surface area contributed by atoms with Gasteiger partial charge >= 0.3 is 0 Å². The zero-order chi connectivity index (χ0) is 6.27. The zero-order valence-corrected chi connectivity index (χ0v) is 5.33. The molecule has 1 unspecified atom stereocenters. The fraction of sp³-hybridized carbons (Fsp3) is 0.833. The second-order valence-corrected chi connectivity index (χ2v) is 2.33. The van der Waals surface area contributed by atoms with Crippen molar-refractivity contribution < 1.29 is 9.47 Å². The summed E-state index contributed by atoms with van der Waals surface area (Å²) < 4.78 is 10.4. The van der Waals surface area contributed by atoms with Gasteiger partial charge in [0.25, 0.3) is 0 Å². The molecule has 1 saturated heterocycles. The van der Waals surface area contributed by atoms with Gasteiger partial charge in [-0.1, -0.05) is 0 Å². The molecule has 0 aromatic carbocycles. The Morgan fingerprint density at radius 1 is 1.44 bits per heavy atom. The molecule has 0 bridgehead atoms. The third kappa shape index (κ3) is 0.862. The number of rotatable bonds is 1. The molecule has 0 saturated carbocycles. The van der Waals surface area contributed by atoms with Crippen LogP contribution in [0, 0.1) is 0 Å². The Morgan fingerprint density at radius 3 is 2.44 bits per heavy atom. The summed E-state index contributed by atoms with van der Waals surface area (Å²) >= 11 is 0. The van der Waals surface area contributed by atoms with Crippen LogP contribution in [-0.2, 0) is 9.47 Å². The van der Waals surface area contributed by atoms with Gasteiger partial charge in [0.15, 0.2) is 6.29 Å². The van der Waals surface area contributed by atoms with Crippen molar-refractivity contribution >= 4 is 5.71 Å². The van der Waals surface area contributed by atoms with E-state index in [1.807, 2.05) is 6.92 Å². The minimum absolute atomic E-state index is 0.0509. The van der Waals surface area contributed by atoms with Crippen molar-refractivity contribution in [1.29, 1.82) is 0 Å². The summed E-state index contributed by atoms with van der Waals surface area (Å²) in [6, 6.07) is 0.257. The molecule has 0 aromatic rings. The Kier molecular flexibility index (Phi) is 1.07. The molecule has 50 valence electrons. The van der Waals surface area contributed by atoms with Crippen LogP contribution in [-0.4, -0.2) is 31.3 Å². The van der Waals surface area contributed by atoms with Gasteiger partial charge in [-0.25, -0.2) is 0 Å². The van der Waals surface area contributed by atoms with Crippen LogP contribution in [0.3, 0.4) is 0 Å². The highest BCUT2D eigenvalue weighted by atomic mass is 16.7. The van der Waals surface area contributed by atoms with Crippen molar-refractivity contribution in [1.82, 2.24) is 0 Å². The Bertz CT molecular complexity index is 149. The SMILES string of the molecule is CC1=NC1C1OCCO1. The number of hydrogen-bond donors (Lipinski definition) is 0. The molecule has 2 heterocycles.